The van der Waals surface area contributed by atoms with E-state index in [1.165, 1.54) is 11.3 Å². The number of thiophene rings is 1. The Hall–Kier alpha value is -3.20. The van der Waals surface area contributed by atoms with E-state index in [1.807, 2.05) is 0 Å². The van der Waals surface area contributed by atoms with E-state index in [9.17, 15) is 14.4 Å². The van der Waals surface area contributed by atoms with Crippen molar-refractivity contribution in [3.63, 3.8) is 0 Å². The van der Waals surface area contributed by atoms with Gasteiger partial charge in [-0.3, -0.25) is 9.59 Å². The Morgan fingerprint density at radius 2 is 1.78 bits per heavy atom. The smallest absolute Gasteiger partial charge is 0.341 e. The summed E-state index contributed by atoms with van der Waals surface area (Å²) < 4.78 is 10.3. The second-order valence-electron chi connectivity index (χ2n) is 7.31. The third kappa shape index (κ3) is 5.53. The number of ether oxygens (including phenoxy) is 2. The molecule has 1 aliphatic carbocycles. The molecular formula is C23H27N3O5S. The Bertz CT molecular complexity index is 1030. The number of methoxy groups -OCH3 is 1. The van der Waals surface area contributed by atoms with Gasteiger partial charge in [-0.05, 0) is 74.9 Å². The molecule has 170 valence electrons. The van der Waals surface area contributed by atoms with E-state index in [0.717, 1.165) is 48.1 Å². The zero-order valence-electron chi connectivity index (χ0n) is 18.4. The highest BCUT2D eigenvalue weighted by molar-refractivity contribution is 7.17. The topological polar surface area (TPSA) is 106 Å². The molecule has 9 heteroatoms. The number of esters is 1. The minimum absolute atomic E-state index is 0.233. The Morgan fingerprint density at radius 3 is 2.47 bits per heavy atom. The molecule has 0 saturated carbocycles. The van der Waals surface area contributed by atoms with Gasteiger partial charge in [0.1, 0.15) is 10.8 Å². The first-order valence-corrected chi connectivity index (χ1v) is 11.4. The lowest BCUT2D eigenvalue weighted by molar-refractivity contribution is -0.136. The molecule has 1 aromatic heterocycles. The maximum absolute atomic E-state index is 12.6. The zero-order chi connectivity index (χ0) is 23.1. The van der Waals surface area contributed by atoms with Gasteiger partial charge in [0.25, 0.3) is 0 Å². The number of anilines is 1. The molecule has 1 aliphatic rings. The highest BCUT2D eigenvalue weighted by Gasteiger charge is 2.27. The van der Waals surface area contributed by atoms with Crippen LogP contribution in [-0.4, -0.2) is 37.2 Å². The fourth-order valence-corrected chi connectivity index (χ4v) is 4.76. The van der Waals surface area contributed by atoms with Crippen LogP contribution in [0.4, 0.5) is 5.00 Å². The number of fused-ring (bicyclic) bond motifs is 1. The molecule has 8 nitrogen and oxygen atoms in total. The molecule has 0 atom stereocenters. The molecule has 2 N–H and O–H groups in total. The predicted octanol–water partition coefficient (Wildman–Crippen LogP) is 3.68. The lowest BCUT2D eigenvalue weighted by atomic mass is 10.1. The summed E-state index contributed by atoms with van der Waals surface area (Å²) in [6.45, 7) is 3.68. The first-order valence-electron chi connectivity index (χ1n) is 10.6. The van der Waals surface area contributed by atoms with Crippen molar-refractivity contribution in [2.24, 2.45) is 5.10 Å². The molecule has 2 amide bonds. The lowest BCUT2D eigenvalue weighted by Gasteiger charge is -2.08. The second kappa shape index (κ2) is 10.9. The first-order chi connectivity index (χ1) is 15.4. The maximum atomic E-state index is 12.6. The van der Waals surface area contributed by atoms with Crippen molar-refractivity contribution in [2.75, 3.05) is 19.0 Å². The van der Waals surface area contributed by atoms with Crippen LogP contribution >= 0.6 is 11.3 Å². The predicted molar refractivity (Wildman–Crippen MR) is 124 cm³/mol. The van der Waals surface area contributed by atoms with Crippen LogP contribution in [-0.2, 0) is 27.2 Å². The molecule has 0 unspecified atom stereocenters. The minimum atomic E-state index is -0.920. The second-order valence-corrected chi connectivity index (χ2v) is 8.41. The van der Waals surface area contributed by atoms with Crippen LogP contribution in [0.1, 0.15) is 59.5 Å². The van der Waals surface area contributed by atoms with Crippen LogP contribution < -0.4 is 15.5 Å². The molecule has 0 fully saturated rings. The van der Waals surface area contributed by atoms with E-state index in [1.54, 1.807) is 45.2 Å². The van der Waals surface area contributed by atoms with Crippen molar-refractivity contribution in [3.8, 4) is 5.75 Å². The Labute approximate surface area is 191 Å². The fourth-order valence-electron chi connectivity index (χ4n) is 3.49. The highest BCUT2D eigenvalue weighted by atomic mass is 32.1. The Kier molecular flexibility index (Phi) is 7.99. The summed E-state index contributed by atoms with van der Waals surface area (Å²) in [6, 6.07) is 7.16. The van der Waals surface area contributed by atoms with Crippen molar-refractivity contribution in [1.82, 2.24) is 5.43 Å². The van der Waals surface area contributed by atoms with Crippen molar-refractivity contribution < 1.29 is 23.9 Å². The summed E-state index contributed by atoms with van der Waals surface area (Å²) in [7, 11) is 1.58. The van der Waals surface area contributed by atoms with Gasteiger partial charge in [0.2, 0.25) is 0 Å². The molecule has 2 aromatic rings. The van der Waals surface area contributed by atoms with Gasteiger partial charge in [-0.25, -0.2) is 10.2 Å². The number of benzene rings is 1. The van der Waals surface area contributed by atoms with Crippen LogP contribution in [0.5, 0.6) is 5.75 Å². The summed E-state index contributed by atoms with van der Waals surface area (Å²) in [4.78, 5) is 38.5. The quantitative estimate of drug-likeness (QED) is 0.226. The highest BCUT2D eigenvalue weighted by Crippen LogP contribution is 2.38. The molecule has 0 aliphatic heterocycles. The summed E-state index contributed by atoms with van der Waals surface area (Å²) in [5, 5.41) is 6.94. The third-order valence-electron chi connectivity index (χ3n) is 5.17. The van der Waals surface area contributed by atoms with Gasteiger partial charge < -0.3 is 14.8 Å². The average Bonchev–Trinajstić information content (AvgIpc) is 2.97. The van der Waals surface area contributed by atoms with Crippen molar-refractivity contribution in [3.05, 3.63) is 45.8 Å². The van der Waals surface area contributed by atoms with Gasteiger partial charge in [0.05, 0.1) is 25.0 Å². The molecule has 0 spiro atoms. The Balaban J connectivity index is 1.73. The standard InChI is InChI=1S/C23H27N3O5S/c1-4-31-23(29)19-17-8-6-5-7-9-18(17)32-22(19)24-20(27)21(28)26-25-14(2)15-10-12-16(30-3)13-11-15/h10-13H,4-9H2,1-3H3,(H,24,27)(H,26,28)/b25-14-. The van der Waals surface area contributed by atoms with Gasteiger partial charge in [-0.15, -0.1) is 11.3 Å². The van der Waals surface area contributed by atoms with E-state index in [2.05, 4.69) is 15.8 Å². The van der Waals surface area contributed by atoms with Gasteiger partial charge in [0.15, 0.2) is 0 Å². The molecular weight excluding hydrogens is 430 g/mol. The van der Waals surface area contributed by atoms with E-state index in [-0.39, 0.29) is 6.61 Å². The summed E-state index contributed by atoms with van der Waals surface area (Å²) in [6.07, 6.45) is 4.71. The fraction of sp³-hybridized carbons (Fsp3) is 0.391. The van der Waals surface area contributed by atoms with E-state index in [0.29, 0.717) is 22.0 Å². The number of nitrogens with one attached hydrogen (secondary N) is 2. The number of hydrazone groups is 1. The van der Waals surface area contributed by atoms with E-state index >= 15 is 0 Å². The van der Waals surface area contributed by atoms with Gasteiger partial charge in [-0.1, -0.05) is 6.42 Å². The van der Waals surface area contributed by atoms with Crippen molar-refractivity contribution >= 4 is 39.8 Å². The van der Waals surface area contributed by atoms with Crippen molar-refractivity contribution in [2.45, 2.75) is 46.0 Å². The molecule has 3 rings (SSSR count). The number of aryl methyl sites for hydroxylation is 1. The van der Waals surface area contributed by atoms with Crippen LogP contribution in [0.15, 0.2) is 29.4 Å². The SMILES string of the molecule is CCOC(=O)c1c(NC(=O)C(=O)N/N=C(/C)c2ccc(OC)cc2)sc2c1CCCCC2. The van der Waals surface area contributed by atoms with Crippen LogP contribution in [0.3, 0.4) is 0 Å². The summed E-state index contributed by atoms with van der Waals surface area (Å²) >= 11 is 1.34. The number of rotatable bonds is 6. The molecule has 32 heavy (non-hydrogen) atoms. The van der Waals surface area contributed by atoms with Crippen LogP contribution in [0.2, 0.25) is 0 Å². The minimum Gasteiger partial charge on any atom is -0.497 e. The number of hydrogen-bond donors (Lipinski definition) is 2. The first kappa shape index (κ1) is 23.5. The Morgan fingerprint density at radius 1 is 1.06 bits per heavy atom. The lowest BCUT2D eigenvalue weighted by Crippen LogP contribution is -2.33. The van der Waals surface area contributed by atoms with Crippen molar-refractivity contribution in [1.29, 1.82) is 0 Å². The monoisotopic (exact) mass is 457 g/mol. The van der Waals surface area contributed by atoms with Gasteiger partial charge in [0, 0.05) is 4.88 Å². The normalized spacial score (nSPS) is 13.5. The molecule has 1 aromatic carbocycles. The molecule has 0 saturated heterocycles. The molecule has 1 heterocycles. The third-order valence-corrected chi connectivity index (χ3v) is 6.37. The van der Waals surface area contributed by atoms with E-state index in [4.69, 9.17) is 9.47 Å². The number of hydrogen-bond acceptors (Lipinski definition) is 7. The molecule has 0 radical (unpaired) electrons. The van der Waals surface area contributed by atoms with Gasteiger partial charge >= 0.3 is 17.8 Å². The molecule has 0 bridgehead atoms. The number of carbonyl (C=O) groups excluding carboxylic acids is 3. The number of carbonyl (C=O) groups is 3. The van der Waals surface area contributed by atoms with Crippen LogP contribution in [0.25, 0.3) is 0 Å². The summed E-state index contributed by atoms with van der Waals surface area (Å²) in [5.41, 5.74) is 4.87. The van der Waals surface area contributed by atoms with Crippen LogP contribution in [0, 0.1) is 0 Å². The van der Waals surface area contributed by atoms with E-state index < -0.39 is 17.8 Å². The number of nitrogens with zero attached hydrogens (tertiary/aromatic N) is 1. The summed E-state index contributed by atoms with van der Waals surface area (Å²) in [5.74, 6) is -1.58. The maximum Gasteiger partial charge on any atom is 0.341 e. The largest absolute Gasteiger partial charge is 0.497 e. The average molecular weight is 458 g/mol. The van der Waals surface area contributed by atoms with Gasteiger partial charge in [-0.2, -0.15) is 5.10 Å². The number of amides is 2. The zero-order valence-corrected chi connectivity index (χ0v) is 19.3.